The van der Waals surface area contributed by atoms with Crippen LogP contribution < -0.4 is 5.32 Å². The van der Waals surface area contributed by atoms with Crippen molar-refractivity contribution in [2.24, 2.45) is 0 Å². The minimum absolute atomic E-state index is 0.0149. The third-order valence-corrected chi connectivity index (χ3v) is 5.02. The number of aromatic nitrogens is 3. The van der Waals surface area contributed by atoms with Gasteiger partial charge in [0.05, 0.1) is 23.4 Å². The zero-order valence-corrected chi connectivity index (χ0v) is 15.8. The molecular weight excluding hydrogens is 358 g/mol. The van der Waals surface area contributed by atoms with E-state index < -0.39 is 0 Å². The second-order valence-electron chi connectivity index (χ2n) is 6.88. The van der Waals surface area contributed by atoms with Gasteiger partial charge in [-0.05, 0) is 38.0 Å². The van der Waals surface area contributed by atoms with Crippen LogP contribution in [0.15, 0.2) is 35.0 Å². The van der Waals surface area contributed by atoms with E-state index in [-0.39, 0.29) is 24.3 Å². The standard InChI is InChI=1S/C20H21N5O3/c1-12-10-14(19(27)21-2)17-18(24-28-20(17)23-12)15-7-5-9-25(15)16(26)11-13-6-3-4-8-22-13/h3-4,6,8,10,15H,5,7,9,11H2,1-2H3,(H,21,27). The molecule has 0 aromatic carbocycles. The monoisotopic (exact) mass is 379 g/mol. The summed E-state index contributed by atoms with van der Waals surface area (Å²) in [4.78, 5) is 35.7. The van der Waals surface area contributed by atoms with Gasteiger partial charge in [-0.2, -0.15) is 0 Å². The fourth-order valence-electron chi connectivity index (χ4n) is 3.75. The van der Waals surface area contributed by atoms with Gasteiger partial charge in [0.2, 0.25) is 5.91 Å². The summed E-state index contributed by atoms with van der Waals surface area (Å²) in [6.07, 6.45) is 3.53. The Morgan fingerprint density at radius 3 is 2.96 bits per heavy atom. The molecule has 1 unspecified atom stereocenters. The summed E-state index contributed by atoms with van der Waals surface area (Å²) in [6, 6.07) is 7.00. The first-order valence-electron chi connectivity index (χ1n) is 9.27. The second-order valence-corrected chi connectivity index (χ2v) is 6.88. The van der Waals surface area contributed by atoms with Gasteiger partial charge in [0.25, 0.3) is 11.6 Å². The summed E-state index contributed by atoms with van der Waals surface area (Å²) < 4.78 is 5.43. The number of rotatable bonds is 4. The summed E-state index contributed by atoms with van der Waals surface area (Å²) in [5.41, 5.74) is 2.77. The van der Waals surface area contributed by atoms with Crippen molar-refractivity contribution in [2.75, 3.05) is 13.6 Å². The number of nitrogens with zero attached hydrogens (tertiary/aromatic N) is 4. The predicted octanol–water partition coefficient (Wildman–Crippen LogP) is 2.19. The van der Waals surface area contributed by atoms with Crippen LogP contribution in [0.25, 0.3) is 11.1 Å². The Balaban J connectivity index is 1.70. The Morgan fingerprint density at radius 1 is 1.36 bits per heavy atom. The van der Waals surface area contributed by atoms with Crippen LogP contribution in [0, 0.1) is 6.92 Å². The van der Waals surface area contributed by atoms with Crippen LogP contribution in [0.2, 0.25) is 0 Å². The average Bonchev–Trinajstić information content (AvgIpc) is 3.34. The third-order valence-electron chi connectivity index (χ3n) is 5.02. The number of likely N-dealkylation sites (tertiary alicyclic amines) is 1. The highest BCUT2D eigenvalue weighted by molar-refractivity contribution is 6.06. The zero-order chi connectivity index (χ0) is 19.7. The highest BCUT2D eigenvalue weighted by Gasteiger charge is 2.35. The van der Waals surface area contributed by atoms with E-state index in [0.29, 0.717) is 34.6 Å². The SMILES string of the molecule is CNC(=O)c1cc(C)nc2onc(C3CCCN3C(=O)Cc3ccccn3)c12. The van der Waals surface area contributed by atoms with Crippen LogP contribution in [0.5, 0.6) is 0 Å². The van der Waals surface area contributed by atoms with E-state index in [1.165, 1.54) is 0 Å². The Bertz CT molecular complexity index is 1030. The van der Waals surface area contributed by atoms with E-state index in [2.05, 4.69) is 20.4 Å². The van der Waals surface area contributed by atoms with Crippen LogP contribution in [0.3, 0.4) is 0 Å². The molecule has 3 aromatic rings. The third kappa shape index (κ3) is 3.21. The molecule has 0 spiro atoms. The van der Waals surface area contributed by atoms with Crippen molar-refractivity contribution in [3.63, 3.8) is 0 Å². The van der Waals surface area contributed by atoms with Crippen LogP contribution in [-0.2, 0) is 11.2 Å². The average molecular weight is 379 g/mol. The molecule has 1 fully saturated rings. The topological polar surface area (TPSA) is 101 Å². The number of pyridine rings is 2. The minimum Gasteiger partial charge on any atom is -0.355 e. The van der Waals surface area contributed by atoms with E-state index >= 15 is 0 Å². The van der Waals surface area contributed by atoms with E-state index in [1.807, 2.05) is 18.2 Å². The van der Waals surface area contributed by atoms with Crippen molar-refractivity contribution in [1.82, 2.24) is 25.3 Å². The molecule has 0 radical (unpaired) electrons. The lowest BCUT2D eigenvalue weighted by Gasteiger charge is -2.23. The van der Waals surface area contributed by atoms with Gasteiger partial charge in [-0.1, -0.05) is 11.2 Å². The van der Waals surface area contributed by atoms with Crippen LogP contribution in [0.4, 0.5) is 0 Å². The minimum atomic E-state index is -0.245. The molecule has 1 N–H and O–H groups in total. The molecule has 4 rings (SSSR count). The van der Waals surface area contributed by atoms with Gasteiger partial charge in [0.15, 0.2) is 0 Å². The Morgan fingerprint density at radius 2 is 2.21 bits per heavy atom. The molecule has 144 valence electrons. The summed E-state index contributed by atoms with van der Waals surface area (Å²) in [5.74, 6) is -0.247. The Kier molecular flexibility index (Phi) is 4.77. The maximum Gasteiger partial charge on any atom is 0.259 e. The Hall–Kier alpha value is -3.29. The largest absolute Gasteiger partial charge is 0.355 e. The molecule has 0 bridgehead atoms. The maximum absolute atomic E-state index is 12.9. The highest BCUT2D eigenvalue weighted by Crippen LogP contribution is 2.36. The molecule has 1 aliphatic heterocycles. The fourth-order valence-corrected chi connectivity index (χ4v) is 3.75. The van der Waals surface area contributed by atoms with Crippen molar-refractivity contribution in [1.29, 1.82) is 0 Å². The van der Waals surface area contributed by atoms with Gasteiger partial charge in [0, 0.05) is 31.2 Å². The summed E-state index contributed by atoms with van der Waals surface area (Å²) >= 11 is 0. The highest BCUT2D eigenvalue weighted by atomic mass is 16.5. The first-order chi connectivity index (χ1) is 13.6. The van der Waals surface area contributed by atoms with Crippen molar-refractivity contribution < 1.29 is 14.1 Å². The van der Waals surface area contributed by atoms with Crippen molar-refractivity contribution in [2.45, 2.75) is 32.2 Å². The van der Waals surface area contributed by atoms with E-state index in [9.17, 15) is 9.59 Å². The molecule has 0 aliphatic carbocycles. The first-order valence-corrected chi connectivity index (χ1v) is 9.27. The lowest BCUT2D eigenvalue weighted by molar-refractivity contribution is -0.131. The zero-order valence-electron chi connectivity index (χ0n) is 15.8. The molecule has 1 atom stereocenters. The van der Waals surface area contributed by atoms with Crippen LogP contribution >= 0.6 is 0 Å². The van der Waals surface area contributed by atoms with Crippen LogP contribution in [0.1, 0.15) is 46.3 Å². The number of carbonyl (C=O) groups is 2. The Labute approximate surface area is 161 Å². The normalized spacial score (nSPS) is 16.5. The van der Waals surface area contributed by atoms with E-state index in [0.717, 1.165) is 18.5 Å². The number of fused-ring (bicyclic) bond motifs is 1. The van der Waals surface area contributed by atoms with Crippen LogP contribution in [-0.4, -0.2) is 45.4 Å². The number of hydrogen-bond donors (Lipinski definition) is 1. The summed E-state index contributed by atoms with van der Waals surface area (Å²) in [5, 5.41) is 7.43. The summed E-state index contributed by atoms with van der Waals surface area (Å²) in [7, 11) is 1.58. The van der Waals surface area contributed by atoms with Gasteiger partial charge < -0.3 is 14.7 Å². The molecule has 2 amide bonds. The summed E-state index contributed by atoms with van der Waals surface area (Å²) in [6.45, 7) is 2.44. The van der Waals surface area contributed by atoms with Gasteiger partial charge >= 0.3 is 0 Å². The van der Waals surface area contributed by atoms with Crippen molar-refractivity contribution in [3.05, 3.63) is 53.1 Å². The quantitative estimate of drug-likeness (QED) is 0.746. The molecule has 8 heteroatoms. The number of amides is 2. The molecular formula is C20H21N5O3. The molecule has 8 nitrogen and oxygen atoms in total. The first kappa shape index (κ1) is 18.1. The number of nitrogens with one attached hydrogen (secondary N) is 1. The van der Waals surface area contributed by atoms with Crippen molar-refractivity contribution >= 4 is 22.9 Å². The predicted molar refractivity (Wildman–Crippen MR) is 102 cm³/mol. The molecule has 4 heterocycles. The number of hydrogen-bond acceptors (Lipinski definition) is 6. The van der Waals surface area contributed by atoms with Crippen molar-refractivity contribution in [3.8, 4) is 0 Å². The number of aryl methyl sites for hydroxylation is 1. The smallest absolute Gasteiger partial charge is 0.259 e. The van der Waals surface area contributed by atoms with E-state index in [1.54, 1.807) is 31.1 Å². The second kappa shape index (κ2) is 7.38. The van der Waals surface area contributed by atoms with E-state index in [4.69, 9.17) is 4.52 Å². The molecule has 1 saturated heterocycles. The van der Waals surface area contributed by atoms with Gasteiger partial charge in [-0.25, -0.2) is 4.98 Å². The van der Waals surface area contributed by atoms with Gasteiger partial charge in [-0.15, -0.1) is 0 Å². The molecule has 1 aliphatic rings. The van der Waals surface area contributed by atoms with Gasteiger partial charge in [0.1, 0.15) is 5.69 Å². The lowest BCUT2D eigenvalue weighted by Crippen LogP contribution is -2.32. The molecule has 3 aromatic heterocycles. The molecule has 0 saturated carbocycles. The molecule has 28 heavy (non-hydrogen) atoms. The number of carbonyl (C=O) groups excluding carboxylic acids is 2. The fraction of sp³-hybridized carbons (Fsp3) is 0.350. The lowest BCUT2D eigenvalue weighted by atomic mass is 10.0. The van der Waals surface area contributed by atoms with Gasteiger partial charge in [-0.3, -0.25) is 14.6 Å². The maximum atomic E-state index is 12.9.